The first-order valence-corrected chi connectivity index (χ1v) is 6.63. The molecular formula is C14H19N3O2. The fraction of sp³-hybridized carbons (Fsp3) is 0.500. The van der Waals surface area contributed by atoms with Gasteiger partial charge < -0.3 is 14.9 Å². The lowest BCUT2D eigenvalue weighted by Gasteiger charge is -2.34. The average molecular weight is 261 g/mol. The molecule has 5 heteroatoms. The zero-order valence-corrected chi connectivity index (χ0v) is 11.3. The molecule has 102 valence electrons. The second-order valence-electron chi connectivity index (χ2n) is 5.25. The van der Waals surface area contributed by atoms with E-state index >= 15 is 0 Å². The number of fused-ring (bicyclic) bond motifs is 1. The van der Waals surface area contributed by atoms with Crippen LogP contribution in [0.3, 0.4) is 0 Å². The number of aromatic nitrogens is 1. The molecule has 0 bridgehead atoms. The summed E-state index contributed by atoms with van der Waals surface area (Å²) < 4.78 is 11.5. The van der Waals surface area contributed by atoms with Crippen LogP contribution in [-0.2, 0) is 11.3 Å². The van der Waals surface area contributed by atoms with Crippen molar-refractivity contribution in [2.24, 2.45) is 0 Å². The quantitative estimate of drug-likeness (QED) is 0.838. The minimum absolute atomic E-state index is 0.248. The molecule has 1 aliphatic rings. The van der Waals surface area contributed by atoms with Crippen LogP contribution in [0.2, 0.25) is 0 Å². The van der Waals surface area contributed by atoms with Gasteiger partial charge in [-0.05, 0) is 26.0 Å². The van der Waals surface area contributed by atoms with E-state index in [2.05, 4.69) is 23.7 Å². The topological polar surface area (TPSA) is 64.5 Å². The molecule has 2 heterocycles. The maximum absolute atomic E-state index is 5.89. The van der Waals surface area contributed by atoms with Crippen molar-refractivity contribution in [3.63, 3.8) is 0 Å². The number of anilines is 1. The Morgan fingerprint density at radius 1 is 1.32 bits per heavy atom. The predicted molar refractivity (Wildman–Crippen MR) is 73.7 cm³/mol. The third-order valence-electron chi connectivity index (χ3n) is 3.35. The molecule has 1 aromatic carbocycles. The molecule has 19 heavy (non-hydrogen) atoms. The number of rotatable bonds is 2. The van der Waals surface area contributed by atoms with Crippen molar-refractivity contribution < 1.29 is 9.15 Å². The molecule has 5 nitrogen and oxygen atoms in total. The Kier molecular flexibility index (Phi) is 3.16. The number of benzene rings is 1. The van der Waals surface area contributed by atoms with Crippen molar-refractivity contribution in [1.82, 2.24) is 9.88 Å². The van der Waals surface area contributed by atoms with Crippen LogP contribution >= 0.6 is 0 Å². The first-order valence-electron chi connectivity index (χ1n) is 6.63. The van der Waals surface area contributed by atoms with Gasteiger partial charge in [-0.3, -0.25) is 4.90 Å². The van der Waals surface area contributed by atoms with Crippen molar-refractivity contribution in [2.75, 3.05) is 18.8 Å². The second kappa shape index (κ2) is 4.83. The first kappa shape index (κ1) is 12.4. The normalized spacial score (nSPS) is 24.9. The number of oxazole rings is 1. The van der Waals surface area contributed by atoms with Crippen LogP contribution in [0, 0.1) is 0 Å². The second-order valence-corrected chi connectivity index (χ2v) is 5.25. The van der Waals surface area contributed by atoms with Crippen LogP contribution in [0.25, 0.3) is 11.1 Å². The van der Waals surface area contributed by atoms with Crippen molar-refractivity contribution in [3.05, 3.63) is 24.1 Å². The summed E-state index contributed by atoms with van der Waals surface area (Å²) >= 11 is 0. The number of nitrogen functional groups attached to an aromatic ring is 1. The van der Waals surface area contributed by atoms with Gasteiger partial charge in [0.05, 0.1) is 24.4 Å². The molecule has 0 aliphatic carbocycles. The molecule has 0 spiro atoms. The summed E-state index contributed by atoms with van der Waals surface area (Å²) in [6.07, 6.45) is 0.497. The van der Waals surface area contributed by atoms with E-state index in [9.17, 15) is 0 Å². The Balaban J connectivity index is 1.79. The van der Waals surface area contributed by atoms with Crippen molar-refractivity contribution in [2.45, 2.75) is 32.6 Å². The van der Waals surface area contributed by atoms with Gasteiger partial charge in [0.25, 0.3) is 0 Å². The Labute approximate surface area is 112 Å². The molecule has 2 aromatic rings. The molecule has 2 atom stereocenters. The lowest BCUT2D eigenvalue weighted by atomic mass is 10.2. The average Bonchev–Trinajstić information content (AvgIpc) is 2.71. The third-order valence-corrected chi connectivity index (χ3v) is 3.35. The fourth-order valence-corrected chi connectivity index (χ4v) is 2.69. The summed E-state index contributed by atoms with van der Waals surface area (Å²) in [5, 5.41) is 0. The van der Waals surface area contributed by atoms with Crippen LogP contribution in [-0.4, -0.2) is 35.2 Å². The van der Waals surface area contributed by atoms with E-state index in [0.717, 1.165) is 24.2 Å². The molecule has 0 amide bonds. The maximum Gasteiger partial charge on any atom is 0.209 e. The maximum atomic E-state index is 5.89. The SMILES string of the molecule is CC1CN(Cc2nc3c(N)cccc3o2)CC(C)O1. The summed E-state index contributed by atoms with van der Waals surface area (Å²) in [5.41, 5.74) is 8.06. The third kappa shape index (κ3) is 2.57. The number of nitrogens with two attached hydrogens (primary N) is 1. The van der Waals surface area contributed by atoms with Crippen molar-refractivity contribution in [1.29, 1.82) is 0 Å². The highest BCUT2D eigenvalue weighted by Gasteiger charge is 2.23. The number of para-hydroxylation sites is 1. The van der Waals surface area contributed by atoms with Gasteiger partial charge in [-0.1, -0.05) is 6.07 Å². The summed E-state index contributed by atoms with van der Waals surface area (Å²) in [5.74, 6) is 0.717. The minimum Gasteiger partial charge on any atom is -0.439 e. The minimum atomic E-state index is 0.248. The van der Waals surface area contributed by atoms with Gasteiger partial charge in [0.15, 0.2) is 5.58 Å². The van der Waals surface area contributed by atoms with Gasteiger partial charge in [-0.15, -0.1) is 0 Å². The highest BCUT2D eigenvalue weighted by molar-refractivity contribution is 5.85. The van der Waals surface area contributed by atoms with Gasteiger partial charge in [-0.25, -0.2) is 4.98 Å². The predicted octanol–water partition coefficient (Wildman–Crippen LogP) is 2.02. The highest BCUT2D eigenvalue weighted by atomic mass is 16.5. The molecule has 3 rings (SSSR count). The monoisotopic (exact) mass is 261 g/mol. The molecule has 1 aromatic heterocycles. The number of morpholine rings is 1. The van der Waals surface area contributed by atoms with Gasteiger partial charge >= 0.3 is 0 Å². The first-order chi connectivity index (χ1) is 9.11. The highest BCUT2D eigenvalue weighted by Crippen LogP contribution is 2.22. The standard InChI is InChI=1S/C14H19N3O2/c1-9-6-17(7-10(2)18-9)8-13-16-14-11(15)4-3-5-12(14)19-13/h3-5,9-10H,6-8,15H2,1-2H3. The summed E-state index contributed by atoms with van der Waals surface area (Å²) in [6.45, 7) is 6.68. The fourth-order valence-electron chi connectivity index (χ4n) is 2.69. The van der Waals surface area contributed by atoms with Crippen molar-refractivity contribution >= 4 is 16.8 Å². The molecular weight excluding hydrogens is 242 g/mol. The van der Waals surface area contributed by atoms with Gasteiger partial charge in [-0.2, -0.15) is 0 Å². The van der Waals surface area contributed by atoms with E-state index in [0.29, 0.717) is 18.1 Å². The van der Waals surface area contributed by atoms with E-state index in [1.165, 1.54) is 0 Å². The van der Waals surface area contributed by atoms with Crippen LogP contribution < -0.4 is 5.73 Å². The molecule has 1 saturated heterocycles. The van der Waals surface area contributed by atoms with Gasteiger partial charge in [0.1, 0.15) is 5.52 Å². The summed E-state index contributed by atoms with van der Waals surface area (Å²) in [7, 11) is 0. The smallest absolute Gasteiger partial charge is 0.209 e. The summed E-state index contributed by atoms with van der Waals surface area (Å²) in [6, 6.07) is 5.62. The molecule has 0 saturated carbocycles. The van der Waals surface area contributed by atoms with Crippen molar-refractivity contribution in [3.8, 4) is 0 Å². The van der Waals surface area contributed by atoms with Crippen LogP contribution in [0.15, 0.2) is 22.6 Å². The Morgan fingerprint density at radius 2 is 2.05 bits per heavy atom. The molecule has 1 fully saturated rings. The largest absolute Gasteiger partial charge is 0.439 e. The van der Waals surface area contributed by atoms with E-state index in [4.69, 9.17) is 14.9 Å². The summed E-state index contributed by atoms with van der Waals surface area (Å²) in [4.78, 5) is 6.79. The zero-order chi connectivity index (χ0) is 13.4. The molecule has 1 aliphatic heterocycles. The Bertz CT molecular complexity index is 571. The number of hydrogen-bond acceptors (Lipinski definition) is 5. The van der Waals surface area contributed by atoms with Gasteiger partial charge in [0.2, 0.25) is 5.89 Å². The van der Waals surface area contributed by atoms with Crippen LogP contribution in [0.1, 0.15) is 19.7 Å². The number of nitrogens with zero attached hydrogens (tertiary/aromatic N) is 2. The van der Waals surface area contributed by atoms with E-state index in [1.807, 2.05) is 18.2 Å². The number of hydrogen-bond donors (Lipinski definition) is 1. The lowest BCUT2D eigenvalue weighted by molar-refractivity contribution is -0.0721. The molecule has 2 N–H and O–H groups in total. The number of ether oxygens (including phenoxy) is 1. The zero-order valence-electron chi connectivity index (χ0n) is 11.3. The van der Waals surface area contributed by atoms with E-state index in [-0.39, 0.29) is 12.2 Å². The molecule has 0 radical (unpaired) electrons. The van der Waals surface area contributed by atoms with Crippen LogP contribution in [0.4, 0.5) is 5.69 Å². The van der Waals surface area contributed by atoms with Gasteiger partial charge in [0, 0.05) is 13.1 Å². The Hall–Kier alpha value is -1.59. The van der Waals surface area contributed by atoms with Crippen LogP contribution in [0.5, 0.6) is 0 Å². The van der Waals surface area contributed by atoms with E-state index < -0.39 is 0 Å². The molecule has 2 unspecified atom stereocenters. The lowest BCUT2D eigenvalue weighted by Crippen LogP contribution is -2.44. The Morgan fingerprint density at radius 3 is 2.74 bits per heavy atom. The van der Waals surface area contributed by atoms with E-state index in [1.54, 1.807) is 0 Å².